The van der Waals surface area contributed by atoms with Crippen molar-refractivity contribution in [3.05, 3.63) is 162 Å². The van der Waals surface area contributed by atoms with Gasteiger partial charge >= 0.3 is 0 Å². The van der Waals surface area contributed by atoms with Crippen LogP contribution in [0.1, 0.15) is 17.0 Å². The highest BCUT2D eigenvalue weighted by molar-refractivity contribution is 6.30. The second kappa shape index (κ2) is 9.98. The van der Waals surface area contributed by atoms with Crippen LogP contribution >= 0.6 is 11.6 Å². The van der Waals surface area contributed by atoms with Gasteiger partial charge in [0.05, 0.1) is 0 Å². The molecule has 0 bridgehead atoms. The summed E-state index contributed by atoms with van der Waals surface area (Å²) >= 11 is 6.24. The molecule has 0 saturated heterocycles. The molecule has 39 heavy (non-hydrogen) atoms. The Balaban J connectivity index is 1.22. The first-order valence-corrected chi connectivity index (χ1v) is 13.6. The van der Waals surface area contributed by atoms with Crippen LogP contribution in [0.2, 0.25) is 5.02 Å². The molecular weight excluding hydrogens is 498 g/mol. The Morgan fingerprint density at radius 1 is 0.564 bits per heavy atom. The van der Waals surface area contributed by atoms with Crippen molar-refractivity contribution in [2.24, 2.45) is 0 Å². The van der Waals surface area contributed by atoms with Crippen LogP contribution in [0, 0.1) is 0 Å². The van der Waals surface area contributed by atoms with E-state index >= 15 is 0 Å². The summed E-state index contributed by atoms with van der Waals surface area (Å²) in [7, 11) is 0. The van der Waals surface area contributed by atoms with Crippen LogP contribution in [0.5, 0.6) is 5.75 Å². The highest BCUT2D eigenvalue weighted by Gasteiger charge is 2.36. The van der Waals surface area contributed by atoms with Gasteiger partial charge in [-0.3, -0.25) is 0 Å². The minimum Gasteiger partial charge on any atom is -0.484 e. The summed E-state index contributed by atoms with van der Waals surface area (Å²) < 4.78 is 6.41. The summed E-state index contributed by atoms with van der Waals surface area (Å²) in [6.07, 6.45) is 6.58. The molecule has 0 N–H and O–H groups in total. The number of anilines is 3. The summed E-state index contributed by atoms with van der Waals surface area (Å²) in [4.78, 5) is 2.26. The number of hydrogen-bond acceptors (Lipinski definition) is 2. The van der Waals surface area contributed by atoms with Gasteiger partial charge in [0.25, 0.3) is 0 Å². The zero-order valence-corrected chi connectivity index (χ0v) is 22.0. The van der Waals surface area contributed by atoms with Crippen LogP contribution in [0.15, 0.2) is 146 Å². The molecule has 2 unspecified atom stereocenters. The van der Waals surface area contributed by atoms with Gasteiger partial charge in [-0.2, -0.15) is 0 Å². The minimum absolute atomic E-state index is 0.00357. The van der Waals surface area contributed by atoms with Gasteiger partial charge in [0.1, 0.15) is 11.9 Å². The molecule has 0 radical (unpaired) electrons. The van der Waals surface area contributed by atoms with Crippen LogP contribution < -0.4 is 9.64 Å². The number of fused-ring (bicyclic) bond motifs is 3. The van der Waals surface area contributed by atoms with Crippen molar-refractivity contribution in [1.29, 1.82) is 0 Å². The van der Waals surface area contributed by atoms with E-state index in [2.05, 4.69) is 126 Å². The zero-order valence-electron chi connectivity index (χ0n) is 21.2. The minimum atomic E-state index is -0.00357. The Labute approximate surface area is 234 Å². The van der Waals surface area contributed by atoms with Crippen LogP contribution in [0.3, 0.4) is 0 Å². The zero-order chi connectivity index (χ0) is 26.2. The summed E-state index contributed by atoms with van der Waals surface area (Å²) in [5.41, 5.74) is 9.23. The third-order valence-electron chi connectivity index (χ3n) is 7.54. The molecule has 0 spiro atoms. The molecule has 2 atom stereocenters. The molecule has 0 aromatic heterocycles. The molecule has 188 valence electrons. The lowest BCUT2D eigenvalue weighted by atomic mass is 9.84. The Morgan fingerprint density at radius 3 is 1.82 bits per heavy atom. The first-order valence-electron chi connectivity index (χ1n) is 13.2. The second-order valence-corrected chi connectivity index (χ2v) is 10.3. The molecule has 2 aliphatic rings. The first-order chi connectivity index (χ1) is 19.2. The molecular formula is C36H26ClNO. The lowest BCUT2D eigenvalue weighted by molar-refractivity contribution is 0.278. The molecule has 2 nitrogen and oxygen atoms in total. The quantitative estimate of drug-likeness (QED) is 0.227. The number of halogens is 1. The topological polar surface area (TPSA) is 12.5 Å². The molecule has 5 aromatic carbocycles. The third-order valence-corrected chi connectivity index (χ3v) is 7.79. The predicted octanol–water partition coefficient (Wildman–Crippen LogP) is 9.97. The Morgan fingerprint density at radius 2 is 1.13 bits per heavy atom. The van der Waals surface area contributed by atoms with Gasteiger partial charge in [-0.15, -0.1) is 0 Å². The van der Waals surface area contributed by atoms with E-state index in [1.165, 1.54) is 27.8 Å². The lowest BCUT2D eigenvalue weighted by Gasteiger charge is -2.27. The smallest absolute Gasteiger partial charge is 0.135 e. The monoisotopic (exact) mass is 523 g/mol. The van der Waals surface area contributed by atoms with E-state index in [1.807, 2.05) is 24.3 Å². The van der Waals surface area contributed by atoms with Crippen molar-refractivity contribution in [3.8, 4) is 16.9 Å². The standard InChI is InChI=1S/C36H26ClNO/c37-28-17-23-31(24-18-28)38(29-19-13-26(14-20-29)25-7-2-1-3-8-25)30-21-15-27(16-22-30)32-10-6-11-34-33-9-4-5-12-35(33)39-36(32)34/h1-24,34,36H. The normalized spacial score (nSPS) is 17.1. The number of para-hydroxylation sites is 1. The third kappa shape index (κ3) is 4.43. The van der Waals surface area contributed by atoms with E-state index in [4.69, 9.17) is 16.3 Å². The number of nitrogens with zero attached hydrogens (tertiary/aromatic N) is 1. The lowest BCUT2D eigenvalue weighted by Crippen LogP contribution is -2.21. The van der Waals surface area contributed by atoms with Crippen LogP contribution in [0.4, 0.5) is 17.1 Å². The van der Waals surface area contributed by atoms with Crippen molar-refractivity contribution < 1.29 is 4.74 Å². The molecule has 0 fully saturated rings. The largest absolute Gasteiger partial charge is 0.484 e. The summed E-state index contributed by atoms with van der Waals surface area (Å²) in [6, 6.07) is 44.3. The fourth-order valence-corrected chi connectivity index (χ4v) is 5.73. The molecule has 1 aliphatic carbocycles. The summed E-state index contributed by atoms with van der Waals surface area (Å²) in [5.74, 6) is 1.23. The molecule has 1 aliphatic heterocycles. The van der Waals surface area contributed by atoms with Gasteiger partial charge in [0, 0.05) is 39.1 Å². The average Bonchev–Trinajstić information content (AvgIpc) is 3.39. The van der Waals surface area contributed by atoms with Gasteiger partial charge in [-0.25, -0.2) is 0 Å². The summed E-state index contributed by atoms with van der Waals surface area (Å²) in [6.45, 7) is 0. The Kier molecular flexibility index (Phi) is 6.03. The van der Waals surface area contributed by atoms with E-state index in [9.17, 15) is 0 Å². The number of hydrogen-bond donors (Lipinski definition) is 0. The average molecular weight is 524 g/mol. The van der Waals surface area contributed by atoms with Gasteiger partial charge in [0.2, 0.25) is 0 Å². The maximum absolute atomic E-state index is 6.41. The maximum atomic E-state index is 6.41. The number of ether oxygens (including phenoxy) is 1. The van der Waals surface area contributed by atoms with E-state index in [0.29, 0.717) is 0 Å². The van der Waals surface area contributed by atoms with Crippen molar-refractivity contribution in [2.45, 2.75) is 12.0 Å². The number of benzene rings is 5. The molecule has 7 rings (SSSR count). The van der Waals surface area contributed by atoms with Crippen molar-refractivity contribution >= 4 is 34.2 Å². The number of allylic oxidation sites excluding steroid dienone is 2. The van der Waals surface area contributed by atoms with Gasteiger partial charge in [-0.05, 0) is 71.3 Å². The second-order valence-electron chi connectivity index (χ2n) is 9.88. The molecule has 0 amide bonds. The van der Waals surface area contributed by atoms with E-state index < -0.39 is 0 Å². The van der Waals surface area contributed by atoms with Crippen LogP contribution in [-0.4, -0.2) is 6.10 Å². The summed E-state index contributed by atoms with van der Waals surface area (Å²) in [5, 5.41) is 0.720. The van der Waals surface area contributed by atoms with Crippen molar-refractivity contribution in [1.82, 2.24) is 0 Å². The van der Waals surface area contributed by atoms with E-state index in [1.54, 1.807) is 0 Å². The van der Waals surface area contributed by atoms with Crippen LogP contribution in [0.25, 0.3) is 16.7 Å². The van der Waals surface area contributed by atoms with Gasteiger partial charge in [-0.1, -0.05) is 103 Å². The fraction of sp³-hybridized carbons (Fsp3) is 0.0556. The van der Waals surface area contributed by atoms with Crippen molar-refractivity contribution in [2.75, 3.05) is 4.90 Å². The highest BCUT2D eigenvalue weighted by Crippen LogP contribution is 2.46. The fourth-order valence-electron chi connectivity index (χ4n) is 5.61. The Bertz CT molecular complexity index is 1670. The maximum Gasteiger partial charge on any atom is 0.135 e. The molecule has 1 heterocycles. The molecule has 5 aromatic rings. The predicted molar refractivity (Wildman–Crippen MR) is 162 cm³/mol. The van der Waals surface area contributed by atoms with E-state index in [-0.39, 0.29) is 12.0 Å². The van der Waals surface area contributed by atoms with Crippen molar-refractivity contribution in [3.63, 3.8) is 0 Å². The first kappa shape index (κ1) is 23.6. The SMILES string of the molecule is Clc1ccc(N(c2ccc(C3=CC=CC4c5ccccc5OC34)cc2)c2ccc(-c3ccccc3)cc2)cc1. The van der Waals surface area contributed by atoms with Gasteiger partial charge in [0.15, 0.2) is 0 Å². The molecule has 3 heteroatoms. The van der Waals surface area contributed by atoms with E-state index in [0.717, 1.165) is 27.8 Å². The highest BCUT2D eigenvalue weighted by atomic mass is 35.5. The number of rotatable bonds is 5. The molecule has 0 saturated carbocycles. The Hall–Kier alpha value is -4.53. The van der Waals surface area contributed by atoms with Gasteiger partial charge < -0.3 is 9.64 Å². The van der Waals surface area contributed by atoms with Crippen LogP contribution in [-0.2, 0) is 0 Å².